The van der Waals surface area contributed by atoms with E-state index in [9.17, 15) is 4.39 Å². The lowest BCUT2D eigenvalue weighted by atomic mass is 10.1. The smallest absolute Gasteiger partial charge is 0.169 e. The highest BCUT2D eigenvalue weighted by Crippen LogP contribution is 2.23. The predicted molar refractivity (Wildman–Crippen MR) is 65.8 cm³/mol. The van der Waals surface area contributed by atoms with Gasteiger partial charge in [0.15, 0.2) is 11.6 Å². The van der Waals surface area contributed by atoms with Crippen molar-refractivity contribution in [1.29, 1.82) is 0 Å². The van der Waals surface area contributed by atoms with E-state index >= 15 is 0 Å². The van der Waals surface area contributed by atoms with E-state index < -0.39 is 0 Å². The van der Waals surface area contributed by atoms with Gasteiger partial charge in [0.1, 0.15) is 0 Å². The first-order valence-electron chi connectivity index (χ1n) is 5.97. The van der Waals surface area contributed by atoms with Crippen molar-refractivity contribution in [2.24, 2.45) is 0 Å². The Morgan fingerprint density at radius 3 is 2.71 bits per heavy atom. The van der Waals surface area contributed by atoms with E-state index in [1.54, 1.807) is 6.07 Å². The van der Waals surface area contributed by atoms with Crippen molar-refractivity contribution in [3.05, 3.63) is 29.1 Å². The maximum atomic E-state index is 14.0. The zero-order chi connectivity index (χ0) is 12.3. The van der Waals surface area contributed by atoms with Crippen LogP contribution in [0.4, 0.5) is 4.39 Å². The maximum absolute atomic E-state index is 14.0. The molecule has 94 valence electrons. The van der Waals surface area contributed by atoms with Crippen LogP contribution in [0.2, 0.25) is 0 Å². The van der Waals surface area contributed by atoms with E-state index in [1.807, 2.05) is 13.0 Å². The second kappa shape index (κ2) is 5.47. The van der Waals surface area contributed by atoms with Gasteiger partial charge in [0.2, 0.25) is 0 Å². The minimum Gasteiger partial charge on any atom is -0.494 e. The summed E-state index contributed by atoms with van der Waals surface area (Å²) in [6.07, 6.45) is 0. The van der Waals surface area contributed by atoms with Gasteiger partial charge in [-0.3, -0.25) is 4.90 Å². The van der Waals surface area contributed by atoms with Crippen LogP contribution in [0, 0.1) is 12.7 Å². The Kier molecular flexibility index (Phi) is 3.97. The lowest BCUT2D eigenvalue weighted by molar-refractivity contribution is 0.229. The molecule has 0 aliphatic carbocycles. The first-order valence-corrected chi connectivity index (χ1v) is 5.97. The van der Waals surface area contributed by atoms with E-state index in [1.165, 1.54) is 7.11 Å². The third-order valence-electron chi connectivity index (χ3n) is 3.08. The van der Waals surface area contributed by atoms with E-state index in [0.29, 0.717) is 12.3 Å². The summed E-state index contributed by atoms with van der Waals surface area (Å²) in [5.41, 5.74) is 1.76. The van der Waals surface area contributed by atoms with E-state index in [2.05, 4.69) is 10.2 Å². The number of rotatable bonds is 3. The van der Waals surface area contributed by atoms with Gasteiger partial charge in [-0.2, -0.15) is 0 Å². The third kappa shape index (κ3) is 2.96. The highest BCUT2D eigenvalue weighted by Gasteiger charge is 2.15. The Bertz CT molecular complexity index is 389. The van der Waals surface area contributed by atoms with Gasteiger partial charge in [0, 0.05) is 38.3 Å². The SMILES string of the molecule is COc1cc(C)cc(CN2CCNCC2)c1F. The molecule has 1 aliphatic rings. The van der Waals surface area contributed by atoms with Gasteiger partial charge in [-0.15, -0.1) is 0 Å². The molecule has 4 heteroatoms. The molecule has 0 radical (unpaired) electrons. The fraction of sp³-hybridized carbons (Fsp3) is 0.538. The molecule has 1 N–H and O–H groups in total. The van der Waals surface area contributed by atoms with Crippen LogP contribution < -0.4 is 10.1 Å². The highest BCUT2D eigenvalue weighted by molar-refractivity contribution is 5.35. The van der Waals surface area contributed by atoms with Crippen molar-refractivity contribution >= 4 is 0 Å². The van der Waals surface area contributed by atoms with Crippen LogP contribution in [0.15, 0.2) is 12.1 Å². The molecule has 0 spiro atoms. The molecule has 1 fully saturated rings. The average Bonchev–Trinajstić information content (AvgIpc) is 2.34. The summed E-state index contributed by atoms with van der Waals surface area (Å²) >= 11 is 0. The van der Waals surface area contributed by atoms with Gasteiger partial charge in [0.05, 0.1) is 7.11 Å². The lowest BCUT2D eigenvalue weighted by Crippen LogP contribution is -2.43. The van der Waals surface area contributed by atoms with Crippen molar-refractivity contribution in [3.63, 3.8) is 0 Å². The van der Waals surface area contributed by atoms with Crippen LogP contribution in [0.3, 0.4) is 0 Å². The molecule has 17 heavy (non-hydrogen) atoms. The molecule has 0 saturated carbocycles. The van der Waals surface area contributed by atoms with Gasteiger partial charge in [-0.05, 0) is 18.6 Å². The summed E-state index contributed by atoms with van der Waals surface area (Å²) in [4.78, 5) is 2.26. The van der Waals surface area contributed by atoms with E-state index in [-0.39, 0.29) is 5.82 Å². The number of hydrogen-bond acceptors (Lipinski definition) is 3. The zero-order valence-electron chi connectivity index (χ0n) is 10.4. The van der Waals surface area contributed by atoms with E-state index in [4.69, 9.17) is 4.74 Å². The summed E-state index contributed by atoms with van der Waals surface area (Å²) in [6.45, 7) is 6.51. The van der Waals surface area contributed by atoms with E-state index in [0.717, 1.165) is 37.3 Å². The Labute approximate surface area is 102 Å². The number of aryl methyl sites for hydroxylation is 1. The average molecular weight is 238 g/mol. The molecule has 1 saturated heterocycles. The van der Waals surface area contributed by atoms with Crippen molar-refractivity contribution < 1.29 is 9.13 Å². The second-order valence-corrected chi connectivity index (χ2v) is 4.47. The molecule has 1 aromatic rings. The first-order chi connectivity index (χ1) is 8.20. The summed E-state index contributed by atoms with van der Waals surface area (Å²) < 4.78 is 19.1. The molecule has 0 atom stereocenters. The quantitative estimate of drug-likeness (QED) is 0.864. The van der Waals surface area contributed by atoms with Crippen LogP contribution in [0.1, 0.15) is 11.1 Å². The molecule has 1 heterocycles. The molecular formula is C13H19FN2O. The van der Waals surface area contributed by atoms with Crippen LogP contribution in [0.25, 0.3) is 0 Å². The Balaban J connectivity index is 2.16. The molecular weight excluding hydrogens is 219 g/mol. The van der Waals surface area contributed by atoms with Gasteiger partial charge in [0.25, 0.3) is 0 Å². The Hall–Kier alpha value is -1.13. The Morgan fingerprint density at radius 1 is 1.35 bits per heavy atom. The largest absolute Gasteiger partial charge is 0.494 e. The standard InChI is InChI=1S/C13H19FN2O/c1-10-7-11(13(14)12(8-10)17-2)9-16-5-3-15-4-6-16/h7-8,15H,3-6,9H2,1-2H3. The van der Waals surface area contributed by atoms with Crippen LogP contribution in [-0.2, 0) is 6.54 Å². The molecule has 0 bridgehead atoms. The Morgan fingerprint density at radius 2 is 2.06 bits per heavy atom. The lowest BCUT2D eigenvalue weighted by Gasteiger charge is -2.27. The number of methoxy groups -OCH3 is 1. The number of nitrogens with one attached hydrogen (secondary N) is 1. The molecule has 1 aromatic carbocycles. The number of halogens is 1. The van der Waals surface area contributed by atoms with Gasteiger partial charge >= 0.3 is 0 Å². The minimum absolute atomic E-state index is 0.225. The second-order valence-electron chi connectivity index (χ2n) is 4.47. The number of piperazine rings is 1. The van der Waals surface area contributed by atoms with Crippen molar-refractivity contribution in [2.45, 2.75) is 13.5 Å². The minimum atomic E-state index is -0.225. The van der Waals surface area contributed by atoms with Crippen LogP contribution in [0.5, 0.6) is 5.75 Å². The maximum Gasteiger partial charge on any atom is 0.169 e. The molecule has 0 amide bonds. The monoisotopic (exact) mass is 238 g/mol. The summed E-state index contributed by atoms with van der Waals surface area (Å²) in [6, 6.07) is 3.64. The molecule has 1 aliphatic heterocycles. The van der Waals surface area contributed by atoms with Crippen LogP contribution in [-0.4, -0.2) is 38.2 Å². The third-order valence-corrected chi connectivity index (χ3v) is 3.08. The number of nitrogens with zero attached hydrogens (tertiary/aromatic N) is 1. The topological polar surface area (TPSA) is 24.5 Å². The van der Waals surface area contributed by atoms with Crippen molar-refractivity contribution in [1.82, 2.24) is 10.2 Å². The van der Waals surface area contributed by atoms with Gasteiger partial charge in [-0.1, -0.05) is 6.07 Å². The number of ether oxygens (including phenoxy) is 1. The van der Waals surface area contributed by atoms with Gasteiger partial charge < -0.3 is 10.1 Å². The van der Waals surface area contributed by atoms with Crippen molar-refractivity contribution in [2.75, 3.05) is 33.3 Å². The fourth-order valence-electron chi connectivity index (χ4n) is 2.18. The summed E-state index contributed by atoms with van der Waals surface area (Å²) in [5.74, 6) is 0.117. The fourth-order valence-corrected chi connectivity index (χ4v) is 2.18. The number of hydrogen-bond donors (Lipinski definition) is 1. The van der Waals surface area contributed by atoms with Crippen molar-refractivity contribution in [3.8, 4) is 5.75 Å². The normalized spacial score (nSPS) is 17.1. The molecule has 3 nitrogen and oxygen atoms in total. The van der Waals surface area contributed by atoms with Gasteiger partial charge in [-0.25, -0.2) is 4.39 Å². The zero-order valence-corrected chi connectivity index (χ0v) is 10.4. The summed E-state index contributed by atoms with van der Waals surface area (Å²) in [5, 5.41) is 3.29. The van der Waals surface area contributed by atoms with Crippen LogP contribution >= 0.6 is 0 Å². The molecule has 2 rings (SSSR count). The highest BCUT2D eigenvalue weighted by atomic mass is 19.1. The predicted octanol–water partition coefficient (Wildman–Crippen LogP) is 1.55. The number of benzene rings is 1. The first kappa shape index (κ1) is 12.3. The summed E-state index contributed by atoms with van der Waals surface area (Å²) in [7, 11) is 1.51. The molecule has 0 aromatic heterocycles. The molecule has 0 unspecified atom stereocenters.